The van der Waals surface area contributed by atoms with E-state index in [4.69, 9.17) is 0 Å². The van der Waals surface area contributed by atoms with Gasteiger partial charge in [-0.3, -0.25) is 14.2 Å². The van der Waals surface area contributed by atoms with Gasteiger partial charge in [0.25, 0.3) is 5.56 Å². The maximum Gasteiger partial charge on any atom is 0.263 e. The van der Waals surface area contributed by atoms with E-state index in [1.807, 2.05) is 67.8 Å². The molecule has 1 atom stereocenters. The van der Waals surface area contributed by atoms with E-state index in [0.29, 0.717) is 10.2 Å². The number of benzene rings is 2. The Bertz CT molecular complexity index is 1260. The Labute approximate surface area is 172 Å². The Hall–Kier alpha value is -3.25. The minimum Gasteiger partial charge on any atom is -0.324 e. The molecule has 0 saturated heterocycles. The minimum absolute atomic E-state index is 0.209. The second kappa shape index (κ2) is 7.64. The van der Waals surface area contributed by atoms with Crippen LogP contribution in [0.2, 0.25) is 0 Å². The lowest BCUT2D eigenvalue weighted by Crippen LogP contribution is -2.31. The average Bonchev–Trinajstić information content (AvgIpc) is 3.15. The van der Waals surface area contributed by atoms with Crippen molar-refractivity contribution in [2.45, 2.75) is 26.8 Å². The fourth-order valence-electron chi connectivity index (χ4n) is 3.24. The van der Waals surface area contributed by atoms with Crippen LogP contribution in [0.3, 0.4) is 0 Å². The van der Waals surface area contributed by atoms with E-state index in [9.17, 15) is 9.59 Å². The number of thiophene rings is 1. The van der Waals surface area contributed by atoms with E-state index < -0.39 is 6.04 Å². The molecule has 29 heavy (non-hydrogen) atoms. The van der Waals surface area contributed by atoms with E-state index in [1.54, 1.807) is 6.92 Å². The van der Waals surface area contributed by atoms with E-state index in [2.05, 4.69) is 10.3 Å². The molecule has 0 spiro atoms. The molecule has 0 aliphatic rings. The number of hydrogen-bond acceptors (Lipinski definition) is 4. The first-order valence-electron chi connectivity index (χ1n) is 9.37. The van der Waals surface area contributed by atoms with Gasteiger partial charge in [0.05, 0.1) is 11.7 Å². The number of amides is 1. The van der Waals surface area contributed by atoms with Crippen molar-refractivity contribution in [2.24, 2.45) is 0 Å². The van der Waals surface area contributed by atoms with Crippen LogP contribution in [0.1, 0.15) is 24.1 Å². The number of rotatable bonds is 4. The molecule has 0 saturated carbocycles. The van der Waals surface area contributed by atoms with Gasteiger partial charge in [-0.2, -0.15) is 0 Å². The molecular weight excluding hydrogens is 382 g/mol. The highest BCUT2D eigenvalue weighted by Gasteiger charge is 2.20. The summed E-state index contributed by atoms with van der Waals surface area (Å²) >= 11 is 1.44. The second-order valence-electron chi connectivity index (χ2n) is 7.13. The highest BCUT2D eigenvalue weighted by Crippen LogP contribution is 2.31. The van der Waals surface area contributed by atoms with Gasteiger partial charge in [0.15, 0.2) is 0 Å². The molecule has 2 aromatic heterocycles. The van der Waals surface area contributed by atoms with Crippen LogP contribution in [-0.2, 0) is 4.79 Å². The predicted molar refractivity (Wildman–Crippen MR) is 119 cm³/mol. The van der Waals surface area contributed by atoms with E-state index in [1.165, 1.54) is 22.2 Å². The number of aryl methyl sites for hydroxylation is 2. The van der Waals surface area contributed by atoms with Crippen molar-refractivity contribution in [3.63, 3.8) is 0 Å². The summed E-state index contributed by atoms with van der Waals surface area (Å²) < 4.78 is 1.40. The molecule has 0 aliphatic heterocycles. The molecule has 2 aromatic carbocycles. The molecule has 5 nitrogen and oxygen atoms in total. The number of nitrogens with one attached hydrogen (secondary N) is 1. The van der Waals surface area contributed by atoms with Gasteiger partial charge in [0, 0.05) is 16.6 Å². The normalized spacial score (nSPS) is 12.1. The predicted octanol–water partition coefficient (Wildman–Crippen LogP) is 4.94. The van der Waals surface area contributed by atoms with Gasteiger partial charge in [-0.25, -0.2) is 4.98 Å². The van der Waals surface area contributed by atoms with E-state index in [0.717, 1.165) is 27.9 Å². The lowest BCUT2D eigenvalue weighted by Gasteiger charge is -2.16. The Kier molecular flexibility index (Phi) is 5.03. The Morgan fingerprint density at radius 1 is 1.10 bits per heavy atom. The topological polar surface area (TPSA) is 64.0 Å². The smallest absolute Gasteiger partial charge is 0.263 e. The van der Waals surface area contributed by atoms with Crippen LogP contribution in [0.25, 0.3) is 21.3 Å². The molecule has 0 fully saturated rings. The summed E-state index contributed by atoms with van der Waals surface area (Å²) in [4.78, 5) is 31.2. The molecule has 4 rings (SSSR count). The van der Waals surface area contributed by atoms with Crippen molar-refractivity contribution < 1.29 is 4.79 Å². The molecule has 146 valence electrons. The molecule has 2 heterocycles. The first kappa shape index (κ1) is 19.1. The van der Waals surface area contributed by atoms with Crippen LogP contribution >= 0.6 is 11.3 Å². The van der Waals surface area contributed by atoms with Crippen molar-refractivity contribution in [1.82, 2.24) is 9.55 Å². The highest BCUT2D eigenvalue weighted by atomic mass is 32.1. The fraction of sp³-hybridized carbons (Fsp3) is 0.174. The summed E-state index contributed by atoms with van der Waals surface area (Å²) in [5, 5.41) is 5.41. The van der Waals surface area contributed by atoms with E-state index in [-0.39, 0.29) is 11.5 Å². The first-order chi connectivity index (χ1) is 14.0. The number of anilines is 1. The number of hydrogen-bond donors (Lipinski definition) is 1. The molecule has 0 unspecified atom stereocenters. The van der Waals surface area contributed by atoms with Crippen LogP contribution in [0.15, 0.2) is 65.0 Å². The number of para-hydroxylation sites is 1. The quantitative estimate of drug-likeness (QED) is 0.525. The summed E-state index contributed by atoms with van der Waals surface area (Å²) in [5.74, 6) is -0.255. The van der Waals surface area contributed by atoms with Gasteiger partial charge in [-0.15, -0.1) is 11.3 Å². The lowest BCUT2D eigenvalue weighted by molar-refractivity contribution is -0.118. The first-order valence-corrected chi connectivity index (χ1v) is 10.3. The number of carbonyl (C=O) groups is 1. The number of nitrogens with zero attached hydrogens (tertiary/aromatic N) is 2. The van der Waals surface area contributed by atoms with Gasteiger partial charge >= 0.3 is 0 Å². The molecule has 0 aliphatic carbocycles. The zero-order valence-corrected chi connectivity index (χ0v) is 17.3. The molecule has 0 radical (unpaired) electrons. The van der Waals surface area contributed by atoms with Crippen LogP contribution in [0.5, 0.6) is 0 Å². The van der Waals surface area contributed by atoms with Crippen molar-refractivity contribution in [2.75, 3.05) is 5.32 Å². The second-order valence-corrected chi connectivity index (χ2v) is 7.99. The summed E-state index contributed by atoms with van der Waals surface area (Å²) in [5.41, 5.74) is 4.47. The SMILES string of the molecule is Cc1ccc(-c2csc3ncn([C@@H](C)C(=O)Nc4ccccc4C)c(=O)c23)cc1. The van der Waals surface area contributed by atoms with Gasteiger partial charge < -0.3 is 5.32 Å². The molecule has 6 heteroatoms. The molecular formula is C23H21N3O2S. The van der Waals surface area contributed by atoms with Gasteiger partial charge in [0.2, 0.25) is 5.91 Å². The van der Waals surface area contributed by atoms with Gasteiger partial charge in [0.1, 0.15) is 10.9 Å². The van der Waals surface area contributed by atoms with Crippen LogP contribution < -0.4 is 10.9 Å². The highest BCUT2D eigenvalue weighted by molar-refractivity contribution is 7.17. The number of carbonyl (C=O) groups excluding carboxylic acids is 1. The van der Waals surface area contributed by atoms with Crippen LogP contribution in [0, 0.1) is 13.8 Å². The standard InChI is InChI=1S/C23H21N3O2S/c1-14-8-10-17(11-9-14)18-12-29-22-20(18)23(28)26(13-24-22)16(3)21(27)25-19-7-5-4-6-15(19)2/h4-13,16H,1-3H3,(H,25,27)/t16-/m0/s1. The van der Waals surface area contributed by atoms with Crippen molar-refractivity contribution in [3.05, 3.63) is 81.7 Å². The summed E-state index contributed by atoms with van der Waals surface area (Å²) in [6, 6.07) is 14.9. The lowest BCUT2D eigenvalue weighted by atomic mass is 10.0. The van der Waals surface area contributed by atoms with Gasteiger partial charge in [-0.1, -0.05) is 48.0 Å². The number of aromatic nitrogens is 2. The summed E-state index contributed by atoms with van der Waals surface area (Å²) in [6.07, 6.45) is 1.46. The monoisotopic (exact) mass is 403 g/mol. The number of fused-ring (bicyclic) bond motifs is 1. The van der Waals surface area contributed by atoms with Crippen molar-refractivity contribution >= 4 is 33.1 Å². The molecule has 0 bridgehead atoms. The largest absolute Gasteiger partial charge is 0.324 e. The summed E-state index contributed by atoms with van der Waals surface area (Å²) in [7, 11) is 0. The fourth-order valence-corrected chi connectivity index (χ4v) is 4.15. The molecule has 4 aromatic rings. The Balaban J connectivity index is 1.72. The van der Waals surface area contributed by atoms with E-state index >= 15 is 0 Å². The maximum atomic E-state index is 13.3. The Morgan fingerprint density at radius 2 is 1.83 bits per heavy atom. The third kappa shape index (κ3) is 3.59. The maximum absolute atomic E-state index is 13.3. The zero-order valence-electron chi connectivity index (χ0n) is 16.5. The van der Waals surface area contributed by atoms with Crippen LogP contribution in [0.4, 0.5) is 5.69 Å². The summed E-state index contributed by atoms with van der Waals surface area (Å²) in [6.45, 7) is 5.67. The molecule has 1 amide bonds. The van der Waals surface area contributed by atoms with Crippen LogP contribution in [-0.4, -0.2) is 15.5 Å². The average molecular weight is 404 g/mol. The Morgan fingerprint density at radius 3 is 2.55 bits per heavy atom. The van der Waals surface area contributed by atoms with Crippen molar-refractivity contribution in [3.8, 4) is 11.1 Å². The zero-order chi connectivity index (χ0) is 20.5. The molecule has 1 N–H and O–H groups in total. The third-order valence-corrected chi connectivity index (χ3v) is 5.97. The van der Waals surface area contributed by atoms with Crippen molar-refractivity contribution in [1.29, 1.82) is 0 Å². The minimum atomic E-state index is -0.690. The third-order valence-electron chi connectivity index (χ3n) is 5.08. The van der Waals surface area contributed by atoms with Gasteiger partial charge in [-0.05, 0) is 38.0 Å².